The van der Waals surface area contributed by atoms with Gasteiger partial charge >= 0.3 is 0 Å². The molecule has 0 saturated heterocycles. The molecule has 1 aromatic heterocycles. The number of hydrogen-bond acceptors (Lipinski definition) is 3. The maximum atomic E-state index is 13.3. The number of amides is 1. The number of carbonyl (C=O) groups excluding carboxylic acids is 1. The van der Waals surface area contributed by atoms with Crippen LogP contribution in [-0.2, 0) is 6.42 Å². The summed E-state index contributed by atoms with van der Waals surface area (Å²) in [7, 11) is 1.63. The summed E-state index contributed by atoms with van der Waals surface area (Å²) in [6.45, 7) is 2.70. The number of pyridine rings is 1. The maximum absolute atomic E-state index is 13.3. The van der Waals surface area contributed by atoms with Gasteiger partial charge in [0.05, 0.1) is 12.8 Å². The number of carbonyl (C=O) groups is 1. The van der Waals surface area contributed by atoms with Gasteiger partial charge in [-0.25, -0.2) is 4.98 Å². The van der Waals surface area contributed by atoms with Gasteiger partial charge in [-0.3, -0.25) is 4.79 Å². The fourth-order valence-electron chi connectivity index (χ4n) is 3.62. The van der Waals surface area contributed by atoms with Gasteiger partial charge in [0.25, 0.3) is 5.91 Å². The van der Waals surface area contributed by atoms with Crippen molar-refractivity contribution in [3.8, 4) is 5.75 Å². The summed E-state index contributed by atoms with van der Waals surface area (Å²) >= 11 is 6.32. The number of nitrogens with zero attached hydrogens (tertiary/aromatic N) is 2. The van der Waals surface area contributed by atoms with Crippen molar-refractivity contribution in [3.63, 3.8) is 0 Å². The second-order valence-corrected chi connectivity index (χ2v) is 6.85. The summed E-state index contributed by atoms with van der Waals surface area (Å²) in [5, 5.41) is 2.10. The van der Waals surface area contributed by atoms with Gasteiger partial charge < -0.3 is 9.64 Å². The van der Waals surface area contributed by atoms with E-state index in [-0.39, 0.29) is 5.91 Å². The van der Waals surface area contributed by atoms with E-state index in [1.54, 1.807) is 18.1 Å². The number of hydrogen-bond donors (Lipinski definition) is 0. The van der Waals surface area contributed by atoms with Crippen molar-refractivity contribution in [2.75, 3.05) is 18.6 Å². The molecule has 0 aliphatic carbocycles. The Morgan fingerprint density at radius 1 is 1.23 bits per heavy atom. The number of rotatable bonds is 2. The maximum Gasteiger partial charge on any atom is 0.277 e. The summed E-state index contributed by atoms with van der Waals surface area (Å²) in [4.78, 5) is 19.4. The highest BCUT2D eigenvalue weighted by Gasteiger charge is 2.29. The van der Waals surface area contributed by atoms with E-state index in [9.17, 15) is 4.79 Å². The molecule has 0 N–H and O–H groups in total. The molecule has 0 unspecified atom stereocenters. The molecule has 1 aliphatic heterocycles. The third-order valence-corrected chi connectivity index (χ3v) is 5.22. The predicted molar refractivity (Wildman–Crippen MR) is 104 cm³/mol. The quantitative estimate of drug-likeness (QED) is 0.612. The lowest BCUT2D eigenvalue weighted by molar-refractivity contribution is 0.0979. The van der Waals surface area contributed by atoms with Gasteiger partial charge in [-0.1, -0.05) is 41.9 Å². The van der Waals surface area contributed by atoms with Crippen molar-refractivity contribution in [1.82, 2.24) is 4.98 Å². The van der Waals surface area contributed by atoms with Crippen LogP contribution in [0, 0.1) is 6.92 Å². The number of benzene rings is 2. The molecule has 4 nitrogen and oxygen atoms in total. The van der Waals surface area contributed by atoms with Gasteiger partial charge in [0.15, 0.2) is 0 Å². The highest BCUT2D eigenvalue weighted by molar-refractivity contribution is 6.34. The number of anilines is 1. The standard InChI is InChI=1S/C21H19ClN2O2/c1-13-9-10-18(26-2)19-15(13)8-5-11-24(19)21(25)17-12-14-6-3-4-7-16(14)20(22)23-17/h3-4,6-7,9-10,12H,5,8,11H2,1-2H3. The lowest BCUT2D eigenvalue weighted by atomic mass is 9.96. The molecule has 3 aromatic rings. The van der Waals surface area contributed by atoms with Crippen molar-refractivity contribution in [2.45, 2.75) is 19.8 Å². The van der Waals surface area contributed by atoms with Crippen molar-refractivity contribution in [2.24, 2.45) is 0 Å². The van der Waals surface area contributed by atoms with Crippen molar-refractivity contribution < 1.29 is 9.53 Å². The number of aryl methyl sites for hydroxylation is 1. The first-order chi connectivity index (χ1) is 12.6. The molecule has 1 aliphatic rings. The van der Waals surface area contributed by atoms with Crippen LogP contribution in [0.25, 0.3) is 10.8 Å². The third kappa shape index (κ3) is 2.71. The summed E-state index contributed by atoms with van der Waals surface area (Å²) in [5.74, 6) is 0.563. The van der Waals surface area contributed by atoms with Crippen molar-refractivity contribution in [1.29, 1.82) is 0 Å². The number of ether oxygens (including phenoxy) is 1. The SMILES string of the molecule is COc1ccc(C)c2c1N(C(=O)c1cc3ccccc3c(Cl)n1)CCC2. The Bertz CT molecular complexity index is 1020. The number of aromatic nitrogens is 1. The van der Waals surface area contributed by atoms with Crippen molar-refractivity contribution >= 4 is 34.0 Å². The van der Waals surface area contributed by atoms with E-state index in [2.05, 4.69) is 11.9 Å². The van der Waals surface area contributed by atoms with Gasteiger partial charge in [-0.15, -0.1) is 0 Å². The lowest BCUT2D eigenvalue weighted by Gasteiger charge is -2.31. The number of halogens is 1. The number of fused-ring (bicyclic) bond motifs is 2. The average molecular weight is 367 g/mol. The van der Waals surface area contributed by atoms with Crippen LogP contribution in [0.2, 0.25) is 5.15 Å². The molecular weight excluding hydrogens is 348 g/mol. The van der Waals surface area contributed by atoms with Crippen LogP contribution < -0.4 is 9.64 Å². The summed E-state index contributed by atoms with van der Waals surface area (Å²) in [5.41, 5.74) is 3.54. The van der Waals surface area contributed by atoms with E-state index in [4.69, 9.17) is 16.3 Å². The fraction of sp³-hybridized carbons (Fsp3) is 0.238. The Morgan fingerprint density at radius 3 is 2.85 bits per heavy atom. The summed E-state index contributed by atoms with van der Waals surface area (Å²) < 4.78 is 5.54. The molecule has 2 aromatic carbocycles. The van der Waals surface area contributed by atoms with Crippen LogP contribution in [0.3, 0.4) is 0 Å². The van der Waals surface area contributed by atoms with E-state index in [1.807, 2.05) is 36.4 Å². The van der Waals surface area contributed by atoms with Crippen LogP contribution in [-0.4, -0.2) is 24.5 Å². The molecule has 2 heterocycles. The van der Waals surface area contributed by atoms with Gasteiger partial charge in [-0.05, 0) is 48.4 Å². The molecule has 0 spiro atoms. The topological polar surface area (TPSA) is 42.4 Å². The van der Waals surface area contributed by atoms with E-state index in [0.29, 0.717) is 23.1 Å². The third-order valence-electron chi connectivity index (χ3n) is 4.94. The van der Waals surface area contributed by atoms with E-state index in [0.717, 1.165) is 34.9 Å². The molecule has 4 rings (SSSR count). The Morgan fingerprint density at radius 2 is 2.04 bits per heavy atom. The lowest BCUT2D eigenvalue weighted by Crippen LogP contribution is -2.36. The zero-order chi connectivity index (χ0) is 18.3. The minimum absolute atomic E-state index is 0.150. The molecular formula is C21H19ClN2O2. The second kappa shape index (κ2) is 6.61. The molecule has 132 valence electrons. The first kappa shape index (κ1) is 16.9. The highest BCUT2D eigenvalue weighted by Crippen LogP contribution is 2.39. The van der Waals surface area contributed by atoms with Gasteiger partial charge in [0.2, 0.25) is 0 Å². The molecule has 0 atom stereocenters. The van der Waals surface area contributed by atoms with E-state index >= 15 is 0 Å². The minimum Gasteiger partial charge on any atom is -0.495 e. The van der Waals surface area contributed by atoms with E-state index < -0.39 is 0 Å². The monoisotopic (exact) mass is 366 g/mol. The van der Waals surface area contributed by atoms with Crippen molar-refractivity contribution in [3.05, 3.63) is 64.4 Å². The Labute approximate surface area is 157 Å². The Balaban J connectivity index is 1.83. The summed E-state index contributed by atoms with van der Waals surface area (Å²) in [6.07, 6.45) is 1.85. The first-order valence-electron chi connectivity index (χ1n) is 8.64. The van der Waals surface area contributed by atoms with Gasteiger partial charge in [0.1, 0.15) is 16.6 Å². The Kier molecular flexibility index (Phi) is 4.29. The minimum atomic E-state index is -0.150. The largest absolute Gasteiger partial charge is 0.495 e. The fourth-order valence-corrected chi connectivity index (χ4v) is 3.89. The average Bonchev–Trinajstić information content (AvgIpc) is 2.67. The molecule has 0 bridgehead atoms. The smallest absolute Gasteiger partial charge is 0.277 e. The molecule has 0 saturated carbocycles. The summed E-state index contributed by atoms with van der Waals surface area (Å²) in [6, 6.07) is 13.4. The van der Waals surface area contributed by atoms with Crippen LogP contribution in [0.4, 0.5) is 5.69 Å². The molecule has 1 amide bonds. The molecule has 5 heteroatoms. The zero-order valence-corrected chi connectivity index (χ0v) is 15.5. The predicted octanol–water partition coefficient (Wildman–Crippen LogP) is 4.80. The van der Waals surface area contributed by atoms with Gasteiger partial charge in [0, 0.05) is 11.9 Å². The molecule has 0 fully saturated rings. The number of methoxy groups -OCH3 is 1. The first-order valence-corrected chi connectivity index (χ1v) is 9.01. The van der Waals surface area contributed by atoms with E-state index in [1.165, 1.54) is 5.56 Å². The Hall–Kier alpha value is -2.59. The highest BCUT2D eigenvalue weighted by atomic mass is 35.5. The zero-order valence-electron chi connectivity index (χ0n) is 14.8. The van der Waals surface area contributed by atoms with Crippen LogP contribution in [0.15, 0.2) is 42.5 Å². The van der Waals surface area contributed by atoms with Crippen LogP contribution >= 0.6 is 11.6 Å². The van der Waals surface area contributed by atoms with Crippen LogP contribution in [0.1, 0.15) is 28.0 Å². The molecule has 0 radical (unpaired) electrons. The second-order valence-electron chi connectivity index (χ2n) is 6.49. The normalized spacial score (nSPS) is 13.6. The molecule has 26 heavy (non-hydrogen) atoms. The van der Waals surface area contributed by atoms with Gasteiger partial charge in [-0.2, -0.15) is 0 Å². The van der Waals surface area contributed by atoms with Crippen LogP contribution in [0.5, 0.6) is 5.75 Å².